The summed E-state index contributed by atoms with van der Waals surface area (Å²) >= 11 is 1.82. The highest BCUT2D eigenvalue weighted by Crippen LogP contribution is 2.22. The average molecular weight is 280 g/mol. The molecule has 19 heavy (non-hydrogen) atoms. The van der Waals surface area contributed by atoms with Crippen LogP contribution in [0.3, 0.4) is 0 Å². The van der Waals surface area contributed by atoms with Gasteiger partial charge in [0.15, 0.2) is 0 Å². The summed E-state index contributed by atoms with van der Waals surface area (Å²) in [4.78, 5) is 16.7. The molecule has 0 aliphatic carbocycles. The van der Waals surface area contributed by atoms with Gasteiger partial charge in [-0.05, 0) is 45.2 Å². The molecule has 1 aromatic rings. The number of nitrogens with zero attached hydrogens (tertiary/aromatic N) is 1. The number of nitrogens with one attached hydrogen (secondary N) is 1. The van der Waals surface area contributed by atoms with Crippen LogP contribution < -0.4 is 5.32 Å². The smallest absolute Gasteiger partial charge is 0.223 e. The van der Waals surface area contributed by atoms with E-state index < -0.39 is 0 Å². The highest BCUT2D eigenvalue weighted by molar-refractivity contribution is 7.12. The Morgan fingerprint density at radius 1 is 1.37 bits per heavy atom. The molecule has 106 valence electrons. The molecule has 1 amide bonds. The number of hydrogen-bond donors (Lipinski definition) is 1. The van der Waals surface area contributed by atoms with Crippen molar-refractivity contribution in [3.05, 3.63) is 21.9 Å². The number of likely N-dealkylation sites (tertiary alicyclic amines) is 1. The van der Waals surface area contributed by atoms with Crippen molar-refractivity contribution in [2.75, 3.05) is 19.6 Å². The lowest BCUT2D eigenvalue weighted by Crippen LogP contribution is -2.37. The van der Waals surface area contributed by atoms with Gasteiger partial charge in [-0.15, -0.1) is 11.3 Å². The van der Waals surface area contributed by atoms with Crippen LogP contribution in [0.15, 0.2) is 12.1 Å². The Morgan fingerprint density at radius 3 is 2.74 bits per heavy atom. The molecule has 1 aromatic heterocycles. The maximum atomic E-state index is 12.0. The fraction of sp³-hybridized carbons (Fsp3) is 0.667. The van der Waals surface area contributed by atoms with Gasteiger partial charge < -0.3 is 10.2 Å². The minimum Gasteiger partial charge on any atom is -0.343 e. The van der Waals surface area contributed by atoms with Crippen molar-refractivity contribution in [3.8, 4) is 0 Å². The van der Waals surface area contributed by atoms with E-state index in [2.05, 4.69) is 31.3 Å². The number of thiophene rings is 1. The normalized spacial score (nSPS) is 17.5. The van der Waals surface area contributed by atoms with Gasteiger partial charge in [-0.3, -0.25) is 4.79 Å². The summed E-state index contributed by atoms with van der Waals surface area (Å²) in [6, 6.07) is 4.66. The van der Waals surface area contributed by atoms with E-state index in [1.807, 2.05) is 16.2 Å². The maximum Gasteiger partial charge on any atom is 0.223 e. The van der Waals surface area contributed by atoms with Crippen LogP contribution in [0.2, 0.25) is 0 Å². The predicted molar refractivity (Wildman–Crippen MR) is 80.5 cm³/mol. The highest BCUT2D eigenvalue weighted by atomic mass is 32.1. The van der Waals surface area contributed by atoms with Crippen molar-refractivity contribution in [2.45, 2.75) is 45.6 Å². The first kappa shape index (κ1) is 14.5. The van der Waals surface area contributed by atoms with Gasteiger partial charge in [0.05, 0.1) is 0 Å². The number of carbonyl (C=O) groups is 1. The van der Waals surface area contributed by atoms with Gasteiger partial charge in [0.25, 0.3) is 0 Å². The van der Waals surface area contributed by atoms with Crippen molar-refractivity contribution in [1.29, 1.82) is 0 Å². The van der Waals surface area contributed by atoms with Crippen LogP contribution >= 0.6 is 11.3 Å². The second-order valence-corrected chi connectivity index (χ2v) is 6.64. The number of aryl methyl sites for hydroxylation is 1. The quantitative estimate of drug-likeness (QED) is 0.899. The first-order chi connectivity index (χ1) is 9.16. The molecule has 1 fully saturated rings. The largest absolute Gasteiger partial charge is 0.343 e. The van der Waals surface area contributed by atoms with E-state index in [4.69, 9.17) is 0 Å². The lowest BCUT2D eigenvalue weighted by Gasteiger charge is -2.27. The van der Waals surface area contributed by atoms with Crippen LogP contribution in [0.1, 0.15) is 48.4 Å². The molecule has 0 radical (unpaired) electrons. The molecule has 2 rings (SSSR count). The first-order valence-electron chi connectivity index (χ1n) is 7.24. The summed E-state index contributed by atoms with van der Waals surface area (Å²) in [5.74, 6) is 0.307. The molecule has 0 bridgehead atoms. The average Bonchev–Trinajstić information content (AvgIpc) is 2.86. The summed E-state index contributed by atoms with van der Waals surface area (Å²) < 4.78 is 0. The minimum atomic E-state index is 0.307. The Kier molecular flexibility index (Phi) is 5.40. The van der Waals surface area contributed by atoms with E-state index in [9.17, 15) is 4.79 Å². The Bertz CT molecular complexity index is 410. The number of hydrogen-bond acceptors (Lipinski definition) is 3. The standard InChI is InChI=1S/C15H24N2OS/c1-12-6-7-14(19-12)13(2)16-9-8-15(18)17-10-4-3-5-11-17/h6-7,13,16H,3-5,8-11H2,1-2H3. The van der Waals surface area contributed by atoms with E-state index in [1.165, 1.54) is 29.0 Å². The fourth-order valence-corrected chi connectivity index (χ4v) is 3.39. The van der Waals surface area contributed by atoms with Crippen molar-refractivity contribution < 1.29 is 4.79 Å². The zero-order chi connectivity index (χ0) is 13.7. The molecule has 0 saturated carbocycles. The molecule has 0 aromatic carbocycles. The van der Waals surface area contributed by atoms with E-state index in [0.717, 1.165) is 19.6 Å². The summed E-state index contributed by atoms with van der Waals surface area (Å²) in [6.45, 7) is 6.97. The number of carbonyl (C=O) groups excluding carboxylic acids is 1. The first-order valence-corrected chi connectivity index (χ1v) is 8.06. The molecule has 1 atom stereocenters. The molecule has 2 heterocycles. The molecule has 1 aliphatic heterocycles. The molecule has 0 spiro atoms. The Labute approximate surface area is 120 Å². The predicted octanol–water partition coefficient (Wildman–Crippen LogP) is 3.11. The second kappa shape index (κ2) is 7.06. The lowest BCUT2D eigenvalue weighted by molar-refractivity contribution is -0.131. The van der Waals surface area contributed by atoms with E-state index in [-0.39, 0.29) is 0 Å². The third-order valence-electron chi connectivity index (χ3n) is 3.69. The molecule has 3 nitrogen and oxygen atoms in total. The van der Waals surface area contributed by atoms with Gasteiger partial charge in [-0.2, -0.15) is 0 Å². The van der Waals surface area contributed by atoms with Gasteiger partial charge in [-0.25, -0.2) is 0 Å². The van der Waals surface area contributed by atoms with Crippen LogP contribution in [0.5, 0.6) is 0 Å². The summed E-state index contributed by atoms with van der Waals surface area (Å²) in [5, 5.41) is 3.45. The zero-order valence-electron chi connectivity index (χ0n) is 11.9. The Hall–Kier alpha value is -0.870. The third-order valence-corrected chi connectivity index (χ3v) is 4.87. The lowest BCUT2D eigenvalue weighted by atomic mass is 10.1. The van der Waals surface area contributed by atoms with Crippen LogP contribution in [-0.4, -0.2) is 30.4 Å². The molecule has 4 heteroatoms. The van der Waals surface area contributed by atoms with E-state index in [1.54, 1.807) is 0 Å². The number of rotatable bonds is 5. The SMILES string of the molecule is Cc1ccc(C(C)NCCC(=O)N2CCCCC2)s1. The molecule has 1 unspecified atom stereocenters. The van der Waals surface area contributed by atoms with Crippen molar-refractivity contribution in [3.63, 3.8) is 0 Å². The van der Waals surface area contributed by atoms with Crippen LogP contribution in [0.25, 0.3) is 0 Å². The molecule has 1 saturated heterocycles. The van der Waals surface area contributed by atoms with Crippen LogP contribution in [0.4, 0.5) is 0 Å². The number of piperidine rings is 1. The van der Waals surface area contributed by atoms with E-state index >= 15 is 0 Å². The van der Waals surface area contributed by atoms with Gasteiger partial charge in [0, 0.05) is 41.9 Å². The summed E-state index contributed by atoms with van der Waals surface area (Å²) in [6.07, 6.45) is 4.24. The van der Waals surface area contributed by atoms with Crippen LogP contribution in [0, 0.1) is 6.92 Å². The maximum absolute atomic E-state index is 12.0. The van der Waals surface area contributed by atoms with Crippen molar-refractivity contribution in [2.24, 2.45) is 0 Å². The Morgan fingerprint density at radius 2 is 2.11 bits per heavy atom. The monoisotopic (exact) mass is 280 g/mol. The summed E-state index contributed by atoms with van der Waals surface area (Å²) in [7, 11) is 0. The van der Waals surface area contributed by atoms with Gasteiger partial charge in [-0.1, -0.05) is 0 Å². The topological polar surface area (TPSA) is 32.3 Å². The van der Waals surface area contributed by atoms with Crippen molar-refractivity contribution in [1.82, 2.24) is 10.2 Å². The van der Waals surface area contributed by atoms with Gasteiger partial charge in [0.2, 0.25) is 5.91 Å². The highest BCUT2D eigenvalue weighted by Gasteiger charge is 2.16. The van der Waals surface area contributed by atoms with Crippen molar-refractivity contribution >= 4 is 17.2 Å². The fourth-order valence-electron chi connectivity index (χ4n) is 2.48. The Balaban J connectivity index is 1.69. The van der Waals surface area contributed by atoms with Gasteiger partial charge >= 0.3 is 0 Å². The molecular formula is C15H24N2OS. The minimum absolute atomic E-state index is 0.307. The zero-order valence-corrected chi connectivity index (χ0v) is 12.8. The molecular weight excluding hydrogens is 256 g/mol. The van der Waals surface area contributed by atoms with Crippen LogP contribution in [-0.2, 0) is 4.79 Å². The third kappa shape index (κ3) is 4.32. The van der Waals surface area contributed by atoms with E-state index in [0.29, 0.717) is 18.4 Å². The molecule has 1 N–H and O–H groups in total. The number of amides is 1. The second-order valence-electron chi connectivity index (χ2n) is 5.32. The molecule has 1 aliphatic rings. The summed E-state index contributed by atoms with van der Waals surface area (Å²) in [5.41, 5.74) is 0. The van der Waals surface area contributed by atoms with Gasteiger partial charge in [0.1, 0.15) is 0 Å².